The van der Waals surface area contributed by atoms with Gasteiger partial charge in [-0.3, -0.25) is 19.3 Å². The lowest BCUT2D eigenvalue weighted by atomic mass is 9.86. The zero-order chi connectivity index (χ0) is 26.8. The van der Waals surface area contributed by atoms with Crippen molar-refractivity contribution < 1.29 is 23.5 Å². The Morgan fingerprint density at radius 3 is 1.89 bits per heavy atom. The largest absolute Gasteiger partial charge is 0.494 e. The molecule has 1 fully saturated rings. The predicted octanol–water partition coefficient (Wildman–Crippen LogP) is 6.90. The van der Waals surface area contributed by atoms with Gasteiger partial charge in [0.15, 0.2) is 0 Å². The number of benzene rings is 3. The number of hydrogen-bond acceptors (Lipinski definition) is 4. The highest BCUT2D eigenvalue weighted by atomic mass is 35.5. The van der Waals surface area contributed by atoms with E-state index in [-0.39, 0.29) is 36.9 Å². The molecular formula is C26H17Cl4FN2O4. The van der Waals surface area contributed by atoms with Gasteiger partial charge in [0.2, 0.25) is 0 Å². The van der Waals surface area contributed by atoms with E-state index in [2.05, 4.69) is 0 Å². The zero-order valence-corrected chi connectivity index (χ0v) is 22.3. The van der Waals surface area contributed by atoms with Crippen LogP contribution in [-0.4, -0.2) is 35.3 Å². The van der Waals surface area contributed by atoms with E-state index in [0.717, 1.165) is 4.90 Å². The molecule has 5 rings (SSSR count). The van der Waals surface area contributed by atoms with Crippen LogP contribution in [0, 0.1) is 12.7 Å². The van der Waals surface area contributed by atoms with Crippen molar-refractivity contribution in [3.8, 4) is 5.75 Å². The van der Waals surface area contributed by atoms with Gasteiger partial charge in [-0.2, -0.15) is 0 Å². The Morgan fingerprint density at radius 1 is 0.811 bits per heavy atom. The van der Waals surface area contributed by atoms with Crippen LogP contribution < -0.4 is 9.64 Å². The Hall–Kier alpha value is -2.84. The van der Waals surface area contributed by atoms with Crippen LogP contribution in [0.25, 0.3) is 0 Å². The van der Waals surface area contributed by atoms with Crippen LogP contribution in [0.4, 0.5) is 10.1 Å². The van der Waals surface area contributed by atoms with Gasteiger partial charge in [-0.1, -0.05) is 64.6 Å². The lowest BCUT2D eigenvalue weighted by Crippen LogP contribution is -2.67. The maximum atomic E-state index is 14.4. The summed E-state index contributed by atoms with van der Waals surface area (Å²) in [7, 11) is 0. The van der Waals surface area contributed by atoms with Crippen molar-refractivity contribution in [3.05, 3.63) is 90.6 Å². The molecule has 0 radical (unpaired) electrons. The molecule has 0 saturated carbocycles. The third kappa shape index (κ3) is 3.87. The van der Waals surface area contributed by atoms with E-state index in [1.807, 2.05) is 6.92 Å². The fourth-order valence-corrected chi connectivity index (χ4v) is 5.64. The van der Waals surface area contributed by atoms with E-state index in [1.165, 1.54) is 11.0 Å². The molecule has 2 heterocycles. The van der Waals surface area contributed by atoms with E-state index < -0.39 is 35.6 Å². The Balaban J connectivity index is 1.62. The van der Waals surface area contributed by atoms with Crippen molar-refractivity contribution in [1.29, 1.82) is 0 Å². The Bertz CT molecular complexity index is 1450. The van der Waals surface area contributed by atoms with Gasteiger partial charge in [-0.05, 0) is 49.2 Å². The quantitative estimate of drug-likeness (QED) is 0.142. The molecule has 37 heavy (non-hydrogen) atoms. The van der Waals surface area contributed by atoms with Gasteiger partial charge in [-0.25, -0.2) is 4.39 Å². The third-order valence-electron chi connectivity index (χ3n) is 6.44. The van der Waals surface area contributed by atoms with Gasteiger partial charge in [0, 0.05) is 5.69 Å². The first kappa shape index (κ1) is 25.8. The molecule has 1 saturated heterocycles. The van der Waals surface area contributed by atoms with Crippen molar-refractivity contribution in [1.82, 2.24) is 4.90 Å². The molecule has 0 unspecified atom stereocenters. The SMILES string of the molecule is CCOc1ccc([C@H]2[C@H](N3C(=O)c4c(Cl)c(Cl)c(Cl)c(Cl)c4C3=O)C(=O)N2c2ccc(C)c(F)c2)cc1. The number of carbonyl (C=O) groups is 3. The molecule has 0 aliphatic carbocycles. The number of β-lactam (4-membered cyclic amide) rings is 1. The number of carbonyl (C=O) groups excluding carboxylic acids is 3. The van der Waals surface area contributed by atoms with Gasteiger partial charge < -0.3 is 9.64 Å². The average Bonchev–Trinajstić information content (AvgIpc) is 3.13. The second-order valence-electron chi connectivity index (χ2n) is 8.52. The summed E-state index contributed by atoms with van der Waals surface area (Å²) in [4.78, 5) is 42.7. The topological polar surface area (TPSA) is 66.9 Å². The number of anilines is 1. The molecule has 0 N–H and O–H groups in total. The smallest absolute Gasteiger partial charge is 0.264 e. The monoisotopic (exact) mass is 580 g/mol. The summed E-state index contributed by atoms with van der Waals surface area (Å²) in [5, 5.41) is -0.799. The zero-order valence-electron chi connectivity index (χ0n) is 19.3. The number of nitrogens with zero attached hydrogens (tertiary/aromatic N) is 2. The Labute approximate surface area is 231 Å². The standard InChI is InChI=1S/C26H17Cl4FN2O4/c1-3-37-14-8-5-12(6-9-14)22-23(26(36)32(22)13-7-4-11(2)15(31)10-13)33-24(34)16-17(25(33)35)19(28)21(30)20(29)18(16)27/h4-10,22-23H,3H2,1-2H3/t22-,23-/m0/s1. The van der Waals surface area contributed by atoms with Gasteiger partial charge >= 0.3 is 0 Å². The molecule has 2 aliphatic rings. The first-order valence-corrected chi connectivity index (χ1v) is 12.6. The fraction of sp³-hybridized carbons (Fsp3) is 0.192. The van der Waals surface area contributed by atoms with Gasteiger partial charge in [-0.15, -0.1) is 0 Å². The Morgan fingerprint density at radius 2 is 1.38 bits per heavy atom. The van der Waals surface area contributed by atoms with Crippen LogP contribution in [0.1, 0.15) is 44.8 Å². The molecule has 0 spiro atoms. The first-order chi connectivity index (χ1) is 17.6. The number of rotatable bonds is 5. The van der Waals surface area contributed by atoms with Crippen molar-refractivity contribution in [2.24, 2.45) is 0 Å². The molecule has 3 aromatic carbocycles. The minimum absolute atomic E-state index is 0.171. The van der Waals surface area contributed by atoms with Crippen molar-refractivity contribution >= 4 is 69.8 Å². The van der Waals surface area contributed by atoms with Crippen LogP contribution in [-0.2, 0) is 4.79 Å². The molecule has 11 heteroatoms. The molecule has 0 bridgehead atoms. The number of hydrogen-bond donors (Lipinski definition) is 0. The lowest BCUT2D eigenvalue weighted by molar-refractivity contribution is -0.130. The van der Waals surface area contributed by atoms with E-state index in [0.29, 0.717) is 23.5 Å². The second-order valence-corrected chi connectivity index (χ2v) is 10.0. The Kier molecular flexibility index (Phi) is 6.61. The van der Waals surface area contributed by atoms with Crippen molar-refractivity contribution in [2.75, 3.05) is 11.5 Å². The number of halogens is 5. The summed E-state index contributed by atoms with van der Waals surface area (Å²) in [6.07, 6.45) is 0. The summed E-state index contributed by atoms with van der Waals surface area (Å²) >= 11 is 24.8. The number of imide groups is 1. The normalized spacial score (nSPS) is 18.8. The molecule has 2 atom stereocenters. The molecule has 3 amide bonds. The van der Waals surface area contributed by atoms with E-state index >= 15 is 0 Å². The van der Waals surface area contributed by atoms with Crippen LogP contribution in [0.15, 0.2) is 42.5 Å². The second kappa shape index (κ2) is 9.48. The van der Waals surface area contributed by atoms with Crippen molar-refractivity contribution in [3.63, 3.8) is 0 Å². The highest BCUT2D eigenvalue weighted by Crippen LogP contribution is 2.49. The number of fused-ring (bicyclic) bond motifs is 1. The van der Waals surface area contributed by atoms with Crippen molar-refractivity contribution in [2.45, 2.75) is 25.9 Å². The molecule has 3 aromatic rings. The minimum Gasteiger partial charge on any atom is -0.494 e. The van der Waals surface area contributed by atoms with E-state index in [1.54, 1.807) is 43.3 Å². The number of amides is 3. The molecule has 0 aromatic heterocycles. The maximum Gasteiger partial charge on any atom is 0.264 e. The third-order valence-corrected chi connectivity index (χ3v) is 8.25. The first-order valence-electron chi connectivity index (χ1n) is 11.1. The van der Waals surface area contributed by atoms with Gasteiger partial charge in [0.05, 0.1) is 43.9 Å². The van der Waals surface area contributed by atoms with Crippen LogP contribution in [0.3, 0.4) is 0 Å². The number of aryl methyl sites for hydroxylation is 1. The van der Waals surface area contributed by atoms with Crippen LogP contribution in [0.2, 0.25) is 20.1 Å². The molecule has 6 nitrogen and oxygen atoms in total. The molecular weight excluding hydrogens is 565 g/mol. The van der Waals surface area contributed by atoms with E-state index in [9.17, 15) is 18.8 Å². The fourth-order valence-electron chi connectivity index (χ4n) is 4.62. The van der Waals surface area contributed by atoms with Gasteiger partial charge in [0.1, 0.15) is 17.6 Å². The van der Waals surface area contributed by atoms with Crippen LogP contribution >= 0.6 is 46.4 Å². The molecule has 2 aliphatic heterocycles. The van der Waals surface area contributed by atoms with E-state index in [4.69, 9.17) is 51.1 Å². The summed E-state index contributed by atoms with van der Waals surface area (Å²) < 4.78 is 19.9. The van der Waals surface area contributed by atoms with Gasteiger partial charge in [0.25, 0.3) is 17.7 Å². The minimum atomic E-state index is -1.25. The highest BCUT2D eigenvalue weighted by molar-refractivity contribution is 6.55. The lowest BCUT2D eigenvalue weighted by Gasteiger charge is -2.49. The predicted molar refractivity (Wildman–Crippen MR) is 140 cm³/mol. The average molecular weight is 582 g/mol. The summed E-state index contributed by atoms with van der Waals surface area (Å²) in [6.45, 7) is 3.91. The summed E-state index contributed by atoms with van der Waals surface area (Å²) in [5.41, 5.74) is 0.846. The highest BCUT2D eigenvalue weighted by Gasteiger charge is 2.58. The summed E-state index contributed by atoms with van der Waals surface area (Å²) in [5.74, 6) is -2.13. The maximum absolute atomic E-state index is 14.4. The number of ether oxygens (including phenoxy) is 1. The molecule has 190 valence electrons. The van der Waals surface area contributed by atoms with Crippen LogP contribution in [0.5, 0.6) is 5.75 Å². The summed E-state index contributed by atoms with van der Waals surface area (Å²) in [6, 6.07) is 9.17.